The van der Waals surface area contributed by atoms with Crippen LogP contribution in [0.5, 0.6) is 11.5 Å². The maximum atomic E-state index is 6.03. The van der Waals surface area contributed by atoms with Crippen LogP contribution in [0.3, 0.4) is 0 Å². The van der Waals surface area contributed by atoms with E-state index in [4.69, 9.17) is 9.47 Å². The van der Waals surface area contributed by atoms with Crippen LogP contribution in [0.4, 0.5) is 0 Å². The van der Waals surface area contributed by atoms with E-state index in [9.17, 15) is 0 Å². The highest BCUT2D eigenvalue weighted by atomic mass is 32.2. The molecule has 3 rings (SSSR count). The molecule has 0 N–H and O–H groups in total. The summed E-state index contributed by atoms with van der Waals surface area (Å²) in [5.41, 5.74) is 0. The number of fused-ring (bicyclic) bond motifs is 1. The molecule has 1 aromatic carbocycles. The van der Waals surface area contributed by atoms with E-state index < -0.39 is 0 Å². The van der Waals surface area contributed by atoms with Crippen LogP contribution in [0.2, 0.25) is 0 Å². The van der Waals surface area contributed by atoms with Gasteiger partial charge >= 0.3 is 0 Å². The highest BCUT2D eigenvalue weighted by Crippen LogP contribution is 2.36. The van der Waals surface area contributed by atoms with Crippen LogP contribution in [-0.2, 0) is 6.54 Å². The van der Waals surface area contributed by atoms with Crippen molar-refractivity contribution in [3.63, 3.8) is 0 Å². The molecule has 1 atom stereocenters. The first kappa shape index (κ1) is 15.0. The molecule has 0 amide bonds. The lowest BCUT2D eigenvalue weighted by molar-refractivity contribution is 0.0821. The van der Waals surface area contributed by atoms with E-state index in [0.717, 1.165) is 34.7 Å². The second-order valence-corrected chi connectivity index (χ2v) is 6.01. The first-order valence-corrected chi connectivity index (χ1v) is 8.37. The van der Waals surface area contributed by atoms with Gasteiger partial charge in [0.1, 0.15) is 6.61 Å². The van der Waals surface area contributed by atoms with Crippen LogP contribution in [-0.4, -0.2) is 27.1 Å². The Morgan fingerprint density at radius 2 is 2.18 bits per heavy atom. The summed E-state index contributed by atoms with van der Waals surface area (Å²) in [6, 6.07) is 7.68. The molecule has 1 aromatic heterocycles. The summed E-state index contributed by atoms with van der Waals surface area (Å²) in [7, 11) is 0. The number of rotatable bonds is 6. The molecular formula is C16H19N3O2S. The van der Waals surface area contributed by atoms with Crippen molar-refractivity contribution in [2.24, 2.45) is 0 Å². The average Bonchev–Trinajstić information content (AvgIpc) is 2.95. The van der Waals surface area contributed by atoms with E-state index in [1.54, 1.807) is 11.8 Å². The molecule has 0 bridgehead atoms. The van der Waals surface area contributed by atoms with E-state index in [2.05, 4.69) is 28.3 Å². The summed E-state index contributed by atoms with van der Waals surface area (Å²) in [4.78, 5) is 0. The van der Waals surface area contributed by atoms with Crippen molar-refractivity contribution in [1.82, 2.24) is 14.8 Å². The number of aromatic nitrogens is 3. The summed E-state index contributed by atoms with van der Waals surface area (Å²) >= 11 is 1.70. The van der Waals surface area contributed by atoms with Crippen molar-refractivity contribution in [2.45, 2.75) is 31.1 Å². The Morgan fingerprint density at radius 1 is 1.36 bits per heavy atom. The zero-order valence-electron chi connectivity index (χ0n) is 12.6. The van der Waals surface area contributed by atoms with Gasteiger partial charge in [-0.05, 0) is 18.6 Å². The largest absolute Gasteiger partial charge is 0.485 e. The lowest BCUT2D eigenvalue weighted by Crippen LogP contribution is -2.25. The SMILES string of the molecule is C=CCn1c(SCCC)nnc1C1COc2ccccc2O1. The Hall–Kier alpha value is -1.95. The lowest BCUT2D eigenvalue weighted by Gasteiger charge is -2.26. The van der Waals surface area contributed by atoms with Crippen molar-refractivity contribution < 1.29 is 9.47 Å². The molecule has 0 aliphatic carbocycles. The normalized spacial score (nSPS) is 16.5. The Bertz CT molecular complexity index is 657. The van der Waals surface area contributed by atoms with Crippen LogP contribution < -0.4 is 9.47 Å². The average molecular weight is 317 g/mol. The molecule has 1 aliphatic rings. The lowest BCUT2D eigenvalue weighted by atomic mass is 10.2. The minimum Gasteiger partial charge on any atom is -0.485 e. The van der Waals surface area contributed by atoms with Gasteiger partial charge in [-0.3, -0.25) is 4.57 Å². The quantitative estimate of drug-likeness (QED) is 0.603. The molecular weight excluding hydrogens is 298 g/mol. The van der Waals surface area contributed by atoms with E-state index >= 15 is 0 Å². The molecule has 0 fully saturated rings. The molecule has 0 spiro atoms. The maximum absolute atomic E-state index is 6.03. The van der Waals surface area contributed by atoms with Gasteiger partial charge in [0.2, 0.25) is 0 Å². The van der Waals surface area contributed by atoms with E-state index in [1.165, 1.54) is 0 Å². The second kappa shape index (κ2) is 6.87. The third kappa shape index (κ3) is 2.97. The molecule has 1 aliphatic heterocycles. The van der Waals surface area contributed by atoms with E-state index in [1.807, 2.05) is 30.3 Å². The van der Waals surface area contributed by atoms with Crippen molar-refractivity contribution in [1.29, 1.82) is 0 Å². The number of ether oxygens (including phenoxy) is 2. The number of thioether (sulfide) groups is 1. The van der Waals surface area contributed by atoms with Crippen molar-refractivity contribution in [3.8, 4) is 11.5 Å². The first-order valence-electron chi connectivity index (χ1n) is 7.38. The van der Waals surface area contributed by atoms with E-state index in [0.29, 0.717) is 13.2 Å². The predicted molar refractivity (Wildman–Crippen MR) is 86.5 cm³/mol. The first-order chi connectivity index (χ1) is 10.8. The number of hydrogen-bond donors (Lipinski definition) is 0. The molecule has 6 heteroatoms. The van der Waals surface area contributed by atoms with Crippen molar-refractivity contribution in [3.05, 3.63) is 42.7 Å². The Kier molecular flexibility index (Phi) is 4.68. The molecule has 0 saturated heterocycles. The minimum atomic E-state index is -0.252. The summed E-state index contributed by atoms with van der Waals surface area (Å²) in [5.74, 6) is 3.32. The third-order valence-corrected chi connectivity index (χ3v) is 4.46. The number of benzene rings is 1. The molecule has 22 heavy (non-hydrogen) atoms. The van der Waals surface area contributed by atoms with Crippen LogP contribution >= 0.6 is 11.8 Å². The predicted octanol–water partition coefficient (Wildman–Crippen LogP) is 3.48. The van der Waals surface area contributed by atoms with Crippen LogP contribution in [0.15, 0.2) is 42.1 Å². The molecule has 2 heterocycles. The highest BCUT2D eigenvalue weighted by Gasteiger charge is 2.28. The highest BCUT2D eigenvalue weighted by molar-refractivity contribution is 7.99. The van der Waals surface area contributed by atoms with Gasteiger partial charge in [0, 0.05) is 12.3 Å². The standard InChI is InChI=1S/C16H19N3O2S/c1-3-9-19-15(17-18-16(19)22-10-4-2)14-11-20-12-7-5-6-8-13(12)21-14/h3,5-8,14H,1,4,9-11H2,2H3. The zero-order valence-corrected chi connectivity index (χ0v) is 13.4. The monoisotopic (exact) mass is 317 g/mol. The molecule has 0 saturated carbocycles. The van der Waals surface area contributed by atoms with Gasteiger partial charge in [0.15, 0.2) is 28.6 Å². The fraction of sp³-hybridized carbons (Fsp3) is 0.375. The zero-order chi connectivity index (χ0) is 15.4. The van der Waals surface area contributed by atoms with Gasteiger partial charge in [-0.2, -0.15) is 0 Å². The number of allylic oxidation sites excluding steroid dienone is 1. The number of hydrogen-bond acceptors (Lipinski definition) is 5. The smallest absolute Gasteiger partial charge is 0.192 e. The van der Waals surface area contributed by atoms with Gasteiger partial charge < -0.3 is 9.47 Å². The van der Waals surface area contributed by atoms with Crippen LogP contribution in [0.1, 0.15) is 25.3 Å². The van der Waals surface area contributed by atoms with Crippen LogP contribution in [0.25, 0.3) is 0 Å². The summed E-state index contributed by atoms with van der Waals surface area (Å²) in [5, 5.41) is 9.52. The summed E-state index contributed by atoms with van der Waals surface area (Å²) in [6.45, 7) is 7.07. The Balaban J connectivity index is 1.85. The summed E-state index contributed by atoms with van der Waals surface area (Å²) in [6.07, 6.45) is 2.69. The molecule has 1 unspecified atom stereocenters. The Morgan fingerprint density at radius 3 is 2.95 bits per heavy atom. The topological polar surface area (TPSA) is 49.2 Å². The van der Waals surface area contributed by atoms with Gasteiger partial charge in [0.05, 0.1) is 0 Å². The third-order valence-electron chi connectivity index (χ3n) is 3.29. The van der Waals surface area contributed by atoms with Crippen molar-refractivity contribution in [2.75, 3.05) is 12.4 Å². The second-order valence-electron chi connectivity index (χ2n) is 4.95. The van der Waals surface area contributed by atoms with Crippen molar-refractivity contribution >= 4 is 11.8 Å². The number of nitrogens with zero attached hydrogens (tertiary/aromatic N) is 3. The van der Waals surface area contributed by atoms with Gasteiger partial charge in [-0.15, -0.1) is 16.8 Å². The molecule has 0 radical (unpaired) electrons. The Labute approximate surface area is 134 Å². The molecule has 5 nitrogen and oxygen atoms in total. The van der Waals surface area contributed by atoms with Crippen LogP contribution in [0, 0.1) is 0 Å². The van der Waals surface area contributed by atoms with Gasteiger partial charge in [0.25, 0.3) is 0 Å². The van der Waals surface area contributed by atoms with Gasteiger partial charge in [-0.1, -0.05) is 36.9 Å². The fourth-order valence-corrected chi connectivity index (χ4v) is 3.09. The minimum absolute atomic E-state index is 0.252. The summed E-state index contributed by atoms with van der Waals surface area (Å²) < 4.78 is 13.9. The molecule has 2 aromatic rings. The fourth-order valence-electron chi connectivity index (χ4n) is 2.29. The van der Waals surface area contributed by atoms with Gasteiger partial charge in [-0.25, -0.2) is 0 Å². The number of para-hydroxylation sites is 2. The molecule has 116 valence electrons. The maximum Gasteiger partial charge on any atom is 0.192 e. The van der Waals surface area contributed by atoms with E-state index in [-0.39, 0.29) is 6.10 Å².